The number of amides is 2. The number of benzene rings is 1. The van der Waals surface area contributed by atoms with Crippen molar-refractivity contribution in [2.45, 2.75) is 25.4 Å². The first kappa shape index (κ1) is 17.4. The first-order chi connectivity index (χ1) is 13.1. The third-order valence-electron chi connectivity index (χ3n) is 4.59. The van der Waals surface area contributed by atoms with Crippen LogP contribution in [0.5, 0.6) is 0 Å². The normalized spacial score (nSPS) is 19.2. The largest absolute Gasteiger partial charge is 0.352 e. The Morgan fingerprint density at radius 3 is 2.78 bits per heavy atom. The zero-order valence-electron chi connectivity index (χ0n) is 14.8. The molecule has 4 rings (SSSR count). The van der Waals surface area contributed by atoms with Gasteiger partial charge < -0.3 is 10.2 Å². The Morgan fingerprint density at radius 1 is 1.26 bits per heavy atom. The highest BCUT2D eigenvalue weighted by atomic mass is 32.1. The van der Waals surface area contributed by atoms with Gasteiger partial charge in [-0.15, -0.1) is 0 Å². The van der Waals surface area contributed by atoms with Crippen molar-refractivity contribution in [1.29, 1.82) is 0 Å². The molecular formula is C19H19N5O2S. The van der Waals surface area contributed by atoms with Gasteiger partial charge >= 0.3 is 0 Å². The van der Waals surface area contributed by atoms with Crippen LogP contribution in [0.3, 0.4) is 0 Å². The summed E-state index contributed by atoms with van der Waals surface area (Å²) in [4.78, 5) is 30.8. The lowest BCUT2D eigenvalue weighted by Crippen LogP contribution is -2.37. The molecule has 0 radical (unpaired) electrons. The van der Waals surface area contributed by atoms with Crippen LogP contribution in [-0.2, 0) is 4.79 Å². The second-order valence-corrected chi connectivity index (χ2v) is 7.31. The van der Waals surface area contributed by atoms with E-state index in [1.807, 2.05) is 47.2 Å². The van der Waals surface area contributed by atoms with Gasteiger partial charge in [0.2, 0.25) is 5.91 Å². The van der Waals surface area contributed by atoms with Crippen molar-refractivity contribution >= 4 is 23.2 Å². The smallest absolute Gasteiger partial charge is 0.255 e. The molecule has 7 nitrogen and oxygen atoms in total. The van der Waals surface area contributed by atoms with Crippen molar-refractivity contribution in [3.05, 3.63) is 58.5 Å². The van der Waals surface area contributed by atoms with Crippen LogP contribution >= 0.6 is 11.3 Å². The summed E-state index contributed by atoms with van der Waals surface area (Å²) in [6.07, 6.45) is 0.596. The minimum Gasteiger partial charge on any atom is -0.352 e. The molecule has 3 heterocycles. The molecule has 1 saturated heterocycles. The molecule has 1 aromatic carbocycles. The van der Waals surface area contributed by atoms with Crippen LogP contribution in [0.25, 0.3) is 11.4 Å². The van der Waals surface area contributed by atoms with Gasteiger partial charge in [-0.05, 0) is 17.9 Å². The SMILES string of the molecule is CC(=O)N[C@H]1C[C@@H](c2nc(-c3ccccc3)n[nH]2)N(C(=O)c2ccsc2)C1. The third kappa shape index (κ3) is 3.61. The Morgan fingerprint density at radius 2 is 2.07 bits per heavy atom. The van der Waals surface area contributed by atoms with Crippen LogP contribution in [0.1, 0.15) is 35.6 Å². The molecule has 2 atom stereocenters. The lowest BCUT2D eigenvalue weighted by Gasteiger charge is -2.22. The zero-order chi connectivity index (χ0) is 18.8. The van der Waals surface area contributed by atoms with Gasteiger partial charge in [0.15, 0.2) is 5.82 Å². The van der Waals surface area contributed by atoms with Gasteiger partial charge in [-0.25, -0.2) is 4.98 Å². The van der Waals surface area contributed by atoms with Crippen LogP contribution in [-0.4, -0.2) is 44.5 Å². The quantitative estimate of drug-likeness (QED) is 0.727. The minimum atomic E-state index is -0.265. The second-order valence-electron chi connectivity index (χ2n) is 6.53. The summed E-state index contributed by atoms with van der Waals surface area (Å²) in [6.45, 7) is 1.93. The van der Waals surface area contributed by atoms with E-state index in [2.05, 4.69) is 20.5 Å². The number of nitrogens with zero attached hydrogens (tertiary/aromatic N) is 3. The first-order valence-electron chi connectivity index (χ1n) is 8.70. The lowest BCUT2D eigenvalue weighted by atomic mass is 10.1. The number of carbonyl (C=O) groups excluding carboxylic acids is 2. The topological polar surface area (TPSA) is 91.0 Å². The maximum absolute atomic E-state index is 13.0. The Balaban J connectivity index is 1.62. The average Bonchev–Trinajstić information content (AvgIpc) is 3.41. The summed E-state index contributed by atoms with van der Waals surface area (Å²) in [5, 5.41) is 13.9. The van der Waals surface area contributed by atoms with Crippen LogP contribution < -0.4 is 5.32 Å². The van der Waals surface area contributed by atoms with Gasteiger partial charge in [-0.3, -0.25) is 14.7 Å². The van der Waals surface area contributed by atoms with Crippen LogP contribution in [0.15, 0.2) is 47.2 Å². The molecule has 0 bridgehead atoms. The summed E-state index contributed by atoms with van der Waals surface area (Å²) >= 11 is 1.48. The Labute approximate surface area is 160 Å². The summed E-state index contributed by atoms with van der Waals surface area (Å²) < 4.78 is 0. The number of thiophene rings is 1. The van der Waals surface area contributed by atoms with Gasteiger partial charge in [0.1, 0.15) is 5.82 Å². The van der Waals surface area contributed by atoms with Crippen molar-refractivity contribution in [2.75, 3.05) is 6.54 Å². The fourth-order valence-electron chi connectivity index (χ4n) is 3.40. The van der Waals surface area contributed by atoms with E-state index in [9.17, 15) is 9.59 Å². The number of H-pyrrole nitrogens is 1. The molecule has 2 N–H and O–H groups in total. The van der Waals surface area contributed by atoms with E-state index in [0.29, 0.717) is 30.2 Å². The van der Waals surface area contributed by atoms with E-state index in [1.165, 1.54) is 18.3 Å². The maximum Gasteiger partial charge on any atom is 0.255 e. The molecule has 0 unspecified atom stereocenters. The molecule has 2 amide bonds. The Kier molecular flexibility index (Phi) is 4.72. The lowest BCUT2D eigenvalue weighted by molar-refractivity contribution is -0.119. The number of rotatable bonds is 4. The predicted octanol–water partition coefficient (Wildman–Crippen LogP) is 2.63. The summed E-state index contributed by atoms with van der Waals surface area (Å²) in [5.41, 5.74) is 1.56. The standard InChI is InChI=1S/C19H19N5O2S/c1-12(25)20-15-9-16(24(10-15)19(26)14-7-8-27-11-14)18-21-17(22-23-18)13-5-3-2-4-6-13/h2-8,11,15-16H,9-10H2,1H3,(H,20,25)(H,21,22,23)/t15-,16-/m0/s1. The molecule has 2 aromatic heterocycles. The summed E-state index contributed by atoms with van der Waals surface area (Å²) in [5.74, 6) is 1.06. The number of hydrogen-bond donors (Lipinski definition) is 2. The Hall–Kier alpha value is -3.00. The molecule has 1 fully saturated rings. The number of aromatic nitrogens is 3. The molecule has 3 aromatic rings. The Bertz CT molecular complexity index is 938. The summed E-state index contributed by atoms with van der Waals surface area (Å²) in [6, 6.07) is 11.1. The van der Waals surface area contributed by atoms with Gasteiger partial charge in [-0.2, -0.15) is 16.4 Å². The first-order valence-corrected chi connectivity index (χ1v) is 9.64. The monoisotopic (exact) mass is 381 g/mol. The number of nitrogens with one attached hydrogen (secondary N) is 2. The van der Waals surface area contributed by atoms with Gasteiger partial charge in [0.05, 0.1) is 11.6 Å². The van der Waals surface area contributed by atoms with Crippen molar-refractivity contribution in [1.82, 2.24) is 25.4 Å². The molecule has 1 aliphatic rings. The van der Waals surface area contributed by atoms with Crippen LogP contribution in [0.4, 0.5) is 0 Å². The molecule has 27 heavy (non-hydrogen) atoms. The molecule has 0 spiro atoms. The third-order valence-corrected chi connectivity index (χ3v) is 5.27. The van der Waals surface area contributed by atoms with E-state index in [4.69, 9.17) is 0 Å². The minimum absolute atomic E-state index is 0.0632. The highest BCUT2D eigenvalue weighted by Gasteiger charge is 2.39. The molecule has 138 valence electrons. The average molecular weight is 381 g/mol. The van der Waals surface area contributed by atoms with Crippen molar-refractivity contribution in [3.63, 3.8) is 0 Å². The molecule has 0 aliphatic carbocycles. The molecule has 1 aliphatic heterocycles. The van der Waals surface area contributed by atoms with Crippen molar-refractivity contribution in [3.8, 4) is 11.4 Å². The molecular weight excluding hydrogens is 362 g/mol. The predicted molar refractivity (Wildman–Crippen MR) is 102 cm³/mol. The van der Waals surface area contributed by atoms with Crippen LogP contribution in [0.2, 0.25) is 0 Å². The van der Waals surface area contributed by atoms with E-state index in [-0.39, 0.29) is 23.9 Å². The van der Waals surface area contributed by atoms with E-state index in [1.54, 1.807) is 4.90 Å². The highest BCUT2D eigenvalue weighted by Crippen LogP contribution is 2.32. The number of carbonyl (C=O) groups is 2. The highest BCUT2D eigenvalue weighted by molar-refractivity contribution is 7.08. The van der Waals surface area contributed by atoms with Gasteiger partial charge in [-0.1, -0.05) is 30.3 Å². The number of likely N-dealkylation sites (tertiary alicyclic amines) is 1. The summed E-state index contributed by atoms with van der Waals surface area (Å²) in [7, 11) is 0. The van der Waals surface area contributed by atoms with E-state index in [0.717, 1.165) is 5.56 Å². The second kappa shape index (κ2) is 7.32. The molecule has 0 saturated carbocycles. The maximum atomic E-state index is 13.0. The molecule has 8 heteroatoms. The van der Waals surface area contributed by atoms with Gasteiger partial charge in [0.25, 0.3) is 5.91 Å². The fourth-order valence-corrected chi connectivity index (χ4v) is 4.03. The van der Waals surface area contributed by atoms with Crippen LogP contribution in [0, 0.1) is 0 Å². The fraction of sp³-hybridized carbons (Fsp3) is 0.263. The van der Waals surface area contributed by atoms with E-state index >= 15 is 0 Å². The van der Waals surface area contributed by atoms with E-state index < -0.39 is 0 Å². The number of hydrogen-bond acceptors (Lipinski definition) is 5. The van der Waals surface area contributed by atoms with Gasteiger partial charge in [0, 0.05) is 30.5 Å². The van der Waals surface area contributed by atoms with Crippen molar-refractivity contribution < 1.29 is 9.59 Å². The van der Waals surface area contributed by atoms with Crippen molar-refractivity contribution in [2.24, 2.45) is 0 Å². The number of aromatic amines is 1. The zero-order valence-corrected chi connectivity index (χ0v) is 15.6.